The molecule has 1 rings (SSSR count). The van der Waals surface area contributed by atoms with E-state index in [-0.39, 0.29) is 12.5 Å². The number of carbonyl (C=O) groups excluding carboxylic acids is 1. The molecule has 7 heteroatoms. The fraction of sp³-hybridized carbons (Fsp3) is 0.364. The average molecular weight is 259 g/mol. The van der Waals surface area contributed by atoms with Gasteiger partial charge in [0.25, 0.3) is 5.69 Å². The zero-order chi connectivity index (χ0) is 13.9. The number of halogens is 2. The summed E-state index contributed by atoms with van der Waals surface area (Å²) < 4.78 is 30.6. The molecule has 0 saturated carbocycles. The molecule has 1 aromatic rings. The summed E-state index contributed by atoms with van der Waals surface area (Å²) in [5.41, 5.74) is -1.41. The van der Waals surface area contributed by atoms with Gasteiger partial charge in [0.1, 0.15) is 5.56 Å². The Morgan fingerprint density at radius 2 is 1.94 bits per heavy atom. The first kappa shape index (κ1) is 14.0. The summed E-state index contributed by atoms with van der Waals surface area (Å²) >= 11 is 0. The zero-order valence-corrected chi connectivity index (χ0v) is 9.78. The van der Waals surface area contributed by atoms with Crippen LogP contribution < -0.4 is 0 Å². The van der Waals surface area contributed by atoms with Crippen molar-refractivity contribution in [1.82, 2.24) is 0 Å². The highest BCUT2D eigenvalue weighted by molar-refractivity contribution is 5.93. The van der Waals surface area contributed by atoms with Gasteiger partial charge in [-0.3, -0.25) is 10.1 Å². The molecule has 0 aliphatic carbocycles. The fourth-order valence-electron chi connectivity index (χ4n) is 1.17. The first-order valence-corrected chi connectivity index (χ1v) is 5.13. The summed E-state index contributed by atoms with van der Waals surface area (Å²) in [6.45, 7) is 3.58. The third-order valence-electron chi connectivity index (χ3n) is 2.00. The van der Waals surface area contributed by atoms with Crippen LogP contribution in [-0.4, -0.2) is 17.5 Å². The Kier molecular flexibility index (Phi) is 4.30. The molecule has 0 bridgehead atoms. The van der Waals surface area contributed by atoms with Gasteiger partial charge in [0, 0.05) is 0 Å². The van der Waals surface area contributed by atoms with Crippen LogP contribution in [0.5, 0.6) is 0 Å². The number of nitro benzene ring substituents is 1. The first-order chi connectivity index (χ1) is 8.32. The Morgan fingerprint density at radius 1 is 1.39 bits per heavy atom. The maximum Gasteiger partial charge on any atom is 0.345 e. The van der Waals surface area contributed by atoms with Crippen LogP contribution in [0.15, 0.2) is 12.1 Å². The maximum atomic E-state index is 13.0. The number of hydrogen-bond acceptors (Lipinski definition) is 4. The Bertz CT molecular complexity index is 488. The number of hydrogen-bond donors (Lipinski definition) is 0. The van der Waals surface area contributed by atoms with Gasteiger partial charge in [-0.2, -0.15) is 0 Å². The topological polar surface area (TPSA) is 69.4 Å². The van der Waals surface area contributed by atoms with Crippen molar-refractivity contribution < 1.29 is 23.2 Å². The molecule has 0 aromatic heterocycles. The van der Waals surface area contributed by atoms with Crippen molar-refractivity contribution in [2.24, 2.45) is 5.92 Å². The van der Waals surface area contributed by atoms with E-state index in [4.69, 9.17) is 4.74 Å². The lowest BCUT2D eigenvalue weighted by molar-refractivity contribution is -0.385. The predicted octanol–water partition coefficient (Wildman–Crippen LogP) is 2.69. The monoisotopic (exact) mass is 259 g/mol. The molecule has 0 amide bonds. The molecule has 1 aromatic carbocycles. The second-order valence-corrected chi connectivity index (χ2v) is 4.03. The van der Waals surface area contributed by atoms with E-state index in [0.29, 0.717) is 12.1 Å². The van der Waals surface area contributed by atoms with Gasteiger partial charge in [-0.05, 0) is 12.0 Å². The third kappa shape index (κ3) is 3.22. The standard InChI is InChI=1S/C11H11F2NO4/c1-6(2)5-18-11(15)7-3-8(12)9(13)4-10(7)14(16)17/h3-4,6H,5H2,1-2H3. The third-order valence-corrected chi connectivity index (χ3v) is 2.00. The van der Waals surface area contributed by atoms with E-state index in [1.807, 2.05) is 0 Å². The SMILES string of the molecule is CC(C)COC(=O)c1cc(F)c(F)cc1[N+](=O)[O-]. The van der Waals surface area contributed by atoms with E-state index in [2.05, 4.69) is 0 Å². The molecule has 0 N–H and O–H groups in total. The van der Waals surface area contributed by atoms with E-state index in [9.17, 15) is 23.7 Å². The van der Waals surface area contributed by atoms with E-state index in [1.54, 1.807) is 13.8 Å². The number of ether oxygens (including phenoxy) is 1. The van der Waals surface area contributed by atoms with Crippen molar-refractivity contribution in [3.8, 4) is 0 Å². The highest BCUT2D eigenvalue weighted by atomic mass is 19.2. The lowest BCUT2D eigenvalue weighted by Gasteiger charge is -2.07. The maximum absolute atomic E-state index is 13.0. The average Bonchev–Trinajstić information content (AvgIpc) is 2.28. The van der Waals surface area contributed by atoms with Crippen LogP contribution in [0.4, 0.5) is 14.5 Å². The van der Waals surface area contributed by atoms with Crippen molar-refractivity contribution in [3.63, 3.8) is 0 Å². The molecule has 18 heavy (non-hydrogen) atoms. The second-order valence-electron chi connectivity index (χ2n) is 4.03. The Balaban J connectivity index is 3.10. The molecule has 0 heterocycles. The summed E-state index contributed by atoms with van der Waals surface area (Å²) in [5.74, 6) is -3.74. The van der Waals surface area contributed by atoms with Crippen LogP contribution in [0.2, 0.25) is 0 Å². The largest absolute Gasteiger partial charge is 0.462 e. The van der Waals surface area contributed by atoms with Gasteiger partial charge in [-0.1, -0.05) is 13.8 Å². The summed E-state index contributed by atoms with van der Waals surface area (Å²) in [7, 11) is 0. The van der Waals surface area contributed by atoms with E-state index < -0.39 is 33.8 Å². The molecule has 0 spiro atoms. The molecule has 5 nitrogen and oxygen atoms in total. The smallest absolute Gasteiger partial charge is 0.345 e. The minimum Gasteiger partial charge on any atom is -0.462 e. The normalized spacial score (nSPS) is 10.5. The van der Waals surface area contributed by atoms with Gasteiger partial charge in [0.15, 0.2) is 11.6 Å². The molecule has 0 saturated heterocycles. The predicted molar refractivity (Wildman–Crippen MR) is 58.1 cm³/mol. The van der Waals surface area contributed by atoms with Crippen LogP contribution in [0.1, 0.15) is 24.2 Å². The van der Waals surface area contributed by atoms with Gasteiger partial charge in [0.2, 0.25) is 0 Å². The van der Waals surface area contributed by atoms with Gasteiger partial charge < -0.3 is 4.74 Å². The molecule has 0 fully saturated rings. The van der Waals surface area contributed by atoms with Gasteiger partial charge >= 0.3 is 5.97 Å². The van der Waals surface area contributed by atoms with Crippen LogP contribution in [0.3, 0.4) is 0 Å². The number of nitro groups is 1. The van der Waals surface area contributed by atoms with Crippen LogP contribution in [0, 0.1) is 27.7 Å². The quantitative estimate of drug-likeness (QED) is 0.473. The summed E-state index contributed by atoms with van der Waals surface area (Å²) in [4.78, 5) is 21.2. The Morgan fingerprint density at radius 3 is 2.44 bits per heavy atom. The second kappa shape index (κ2) is 5.52. The van der Waals surface area contributed by atoms with Crippen LogP contribution in [-0.2, 0) is 4.74 Å². The Labute approximate surface area is 102 Å². The van der Waals surface area contributed by atoms with Gasteiger partial charge in [-0.25, -0.2) is 13.6 Å². The zero-order valence-electron chi connectivity index (χ0n) is 9.78. The lowest BCUT2D eigenvalue weighted by Crippen LogP contribution is -2.13. The number of benzene rings is 1. The summed E-state index contributed by atoms with van der Waals surface area (Å²) in [5, 5.41) is 10.6. The van der Waals surface area contributed by atoms with Crippen molar-refractivity contribution in [2.75, 3.05) is 6.61 Å². The van der Waals surface area contributed by atoms with Crippen molar-refractivity contribution in [1.29, 1.82) is 0 Å². The van der Waals surface area contributed by atoms with E-state index in [0.717, 1.165) is 0 Å². The molecule has 0 unspecified atom stereocenters. The molecule has 0 radical (unpaired) electrons. The minimum absolute atomic E-state index is 0.0262. The minimum atomic E-state index is -1.39. The van der Waals surface area contributed by atoms with Gasteiger partial charge in [0.05, 0.1) is 17.6 Å². The van der Waals surface area contributed by atoms with E-state index in [1.165, 1.54) is 0 Å². The van der Waals surface area contributed by atoms with Crippen molar-refractivity contribution in [3.05, 3.63) is 39.4 Å². The van der Waals surface area contributed by atoms with E-state index >= 15 is 0 Å². The molecule has 0 atom stereocenters. The van der Waals surface area contributed by atoms with Crippen molar-refractivity contribution in [2.45, 2.75) is 13.8 Å². The number of rotatable bonds is 4. The molecule has 0 aliphatic rings. The summed E-state index contributed by atoms with van der Waals surface area (Å²) in [6, 6.07) is 0.831. The summed E-state index contributed by atoms with van der Waals surface area (Å²) in [6.07, 6.45) is 0. The highest BCUT2D eigenvalue weighted by Gasteiger charge is 2.25. The molecule has 0 aliphatic heterocycles. The molecule has 98 valence electrons. The van der Waals surface area contributed by atoms with Gasteiger partial charge in [-0.15, -0.1) is 0 Å². The van der Waals surface area contributed by atoms with Crippen LogP contribution in [0.25, 0.3) is 0 Å². The number of nitrogens with zero attached hydrogens (tertiary/aromatic N) is 1. The lowest BCUT2D eigenvalue weighted by atomic mass is 10.1. The Hall–Kier alpha value is -2.05. The number of carbonyl (C=O) groups is 1. The first-order valence-electron chi connectivity index (χ1n) is 5.13. The molecular formula is C11H11F2NO4. The van der Waals surface area contributed by atoms with Crippen molar-refractivity contribution >= 4 is 11.7 Å². The fourth-order valence-corrected chi connectivity index (χ4v) is 1.17. The highest BCUT2D eigenvalue weighted by Crippen LogP contribution is 2.23. The number of esters is 1. The molecular weight excluding hydrogens is 248 g/mol. The van der Waals surface area contributed by atoms with Crippen LogP contribution >= 0.6 is 0 Å².